The lowest BCUT2D eigenvalue weighted by Crippen LogP contribution is -2.39. The Hall–Kier alpha value is -1.08. The van der Waals surface area contributed by atoms with Crippen molar-refractivity contribution in [2.75, 3.05) is 26.7 Å². The van der Waals surface area contributed by atoms with E-state index in [0.717, 1.165) is 45.3 Å². The second-order valence-electron chi connectivity index (χ2n) is 5.76. The normalized spacial score (nSPS) is 21.3. The number of carbonyl (C=O) groups excluding carboxylic acids is 1. The Kier molecular flexibility index (Phi) is 5.61. The summed E-state index contributed by atoms with van der Waals surface area (Å²) in [6.07, 6.45) is 3.91. The molecule has 1 aliphatic heterocycles. The van der Waals surface area contributed by atoms with E-state index in [9.17, 15) is 4.79 Å². The summed E-state index contributed by atoms with van der Waals surface area (Å²) < 4.78 is 4.81. The number of likely N-dealkylation sites (tertiary alicyclic amines) is 1. The molecule has 0 aromatic carbocycles. The molecule has 0 amide bonds. The molecule has 0 N–H and O–H groups in total. The highest BCUT2D eigenvalue weighted by Gasteiger charge is 2.26. The highest BCUT2D eigenvalue weighted by atomic mass is 16.5. The quantitative estimate of drug-likeness (QED) is 0.704. The molecule has 1 saturated heterocycles. The van der Waals surface area contributed by atoms with Crippen molar-refractivity contribution in [3.05, 3.63) is 0 Å². The molecular weight excluding hydrogens is 228 g/mol. The summed E-state index contributed by atoms with van der Waals surface area (Å²) in [5, 5.41) is 8.95. The Morgan fingerprint density at radius 3 is 2.89 bits per heavy atom. The second kappa shape index (κ2) is 6.75. The van der Waals surface area contributed by atoms with E-state index in [0.29, 0.717) is 0 Å². The fourth-order valence-corrected chi connectivity index (χ4v) is 2.42. The molecule has 4 nitrogen and oxygen atoms in total. The smallest absolute Gasteiger partial charge is 0.309 e. The Balaban J connectivity index is 2.31. The van der Waals surface area contributed by atoms with Gasteiger partial charge in [0.25, 0.3) is 0 Å². The topological polar surface area (TPSA) is 53.3 Å². The number of rotatable bonds is 5. The third kappa shape index (κ3) is 4.66. The van der Waals surface area contributed by atoms with Gasteiger partial charge in [-0.3, -0.25) is 4.79 Å². The number of nitriles is 1. The summed E-state index contributed by atoms with van der Waals surface area (Å²) in [5.41, 5.74) is -0.239. The average molecular weight is 252 g/mol. The molecule has 1 atom stereocenters. The van der Waals surface area contributed by atoms with Gasteiger partial charge in [0.2, 0.25) is 0 Å². The van der Waals surface area contributed by atoms with E-state index in [1.54, 1.807) is 0 Å². The minimum Gasteiger partial charge on any atom is -0.469 e. The highest BCUT2D eigenvalue weighted by molar-refractivity contribution is 5.72. The molecule has 1 rings (SSSR count). The van der Waals surface area contributed by atoms with E-state index in [2.05, 4.69) is 11.0 Å². The van der Waals surface area contributed by atoms with Crippen LogP contribution in [0.2, 0.25) is 0 Å². The zero-order valence-corrected chi connectivity index (χ0v) is 11.7. The van der Waals surface area contributed by atoms with Gasteiger partial charge in [-0.2, -0.15) is 5.26 Å². The summed E-state index contributed by atoms with van der Waals surface area (Å²) in [7, 11) is 1.46. The van der Waals surface area contributed by atoms with Gasteiger partial charge in [-0.05, 0) is 52.6 Å². The van der Waals surface area contributed by atoms with Crippen LogP contribution >= 0.6 is 0 Å². The minimum atomic E-state index is -0.239. The van der Waals surface area contributed by atoms with Gasteiger partial charge < -0.3 is 9.64 Å². The molecule has 0 aromatic rings. The first-order chi connectivity index (χ1) is 8.48. The Bertz CT molecular complexity index is 320. The lowest BCUT2D eigenvalue weighted by Gasteiger charge is -2.31. The van der Waals surface area contributed by atoms with Crippen molar-refractivity contribution in [2.45, 2.75) is 39.5 Å². The molecule has 4 heteroatoms. The first kappa shape index (κ1) is 15.0. The van der Waals surface area contributed by atoms with Crippen molar-refractivity contribution >= 4 is 5.97 Å². The lowest BCUT2D eigenvalue weighted by atomic mass is 9.89. The number of ether oxygens (including phenoxy) is 1. The molecule has 1 fully saturated rings. The number of methoxy groups -OCH3 is 1. The molecule has 0 unspecified atom stereocenters. The third-order valence-corrected chi connectivity index (χ3v) is 3.62. The largest absolute Gasteiger partial charge is 0.469 e. The van der Waals surface area contributed by atoms with Crippen LogP contribution in [0.4, 0.5) is 0 Å². The molecule has 0 aliphatic carbocycles. The SMILES string of the molecule is COC(=O)[C@H]1CCCN(CCCC(C)(C)C#N)C1. The molecular formula is C14H24N2O2. The zero-order chi connectivity index (χ0) is 13.6. The highest BCUT2D eigenvalue weighted by Crippen LogP contribution is 2.22. The summed E-state index contributed by atoms with van der Waals surface area (Å²) in [4.78, 5) is 13.8. The number of hydrogen-bond acceptors (Lipinski definition) is 4. The fraction of sp³-hybridized carbons (Fsp3) is 0.857. The van der Waals surface area contributed by atoms with Crippen LogP contribution < -0.4 is 0 Å². The molecule has 1 heterocycles. The zero-order valence-electron chi connectivity index (χ0n) is 11.7. The second-order valence-corrected chi connectivity index (χ2v) is 5.76. The van der Waals surface area contributed by atoms with E-state index in [4.69, 9.17) is 10.00 Å². The Labute approximate surface area is 110 Å². The van der Waals surface area contributed by atoms with Gasteiger partial charge in [0.05, 0.1) is 24.5 Å². The van der Waals surface area contributed by atoms with Gasteiger partial charge in [-0.15, -0.1) is 0 Å². The summed E-state index contributed by atoms with van der Waals surface area (Å²) in [6.45, 7) is 6.78. The maximum Gasteiger partial charge on any atom is 0.309 e. The van der Waals surface area contributed by atoms with Crippen molar-refractivity contribution in [3.8, 4) is 6.07 Å². The van der Waals surface area contributed by atoms with Gasteiger partial charge >= 0.3 is 5.97 Å². The molecule has 1 aliphatic rings. The summed E-state index contributed by atoms with van der Waals surface area (Å²) in [5.74, 6) is -0.0511. The average Bonchev–Trinajstić information content (AvgIpc) is 2.38. The molecule has 0 aromatic heterocycles. The molecule has 0 spiro atoms. The molecule has 102 valence electrons. The van der Waals surface area contributed by atoms with Crippen molar-refractivity contribution in [1.82, 2.24) is 4.90 Å². The number of piperidine rings is 1. The fourth-order valence-electron chi connectivity index (χ4n) is 2.42. The lowest BCUT2D eigenvalue weighted by molar-refractivity contribution is -0.147. The van der Waals surface area contributed by atoms with Crippen molar-refractivity contribution in [2.24, 2.45) is 11.3 Å². The number of carbonyl (C=O) groups is 1. The first-order valence-corrected chi connectivity index (χ1v) is 6.70. The number of esters is 1. The molecule has 18 heavy (non-hydrogen) atoms. The van der Waals surface area contributed by atoms with E-state index >= 15 is 0 Å². The van der Waals surface area contributed by atoms with Crippen LogP contribution in [0.5, 0.6) is 0 Å². The molecule has 0 saturated carbocycles. The van der Waals surface area contributed by atoms with Crippen molar-refractivity contribution in [1.29, 1.82) is 5.26 Å². The van der Waals surface area contributed by atoms with E-state index in [1.807, 2.05) is 13.8 Å². The van der Waals surface area contributed by atoms with Crippen molar-refractivity contribution in [3.63, 3.8) is 0 Å². The van der Waals surface area contributed by atoms with Gasteiger partial charge in [-0.1, -0.05) is 0 Å². The van der Waals surface area contributed by atoms with Crippen LogP contribution in [-0.2, 0) is 9.53 Å². The Morgan fingerprint density at radius 1 is 1.56 bits per heavy atom. The van der Waals surface area contributed by atoms with E-state index in [1.165, 1.54) is 7.11 Å². The molecule has 0 bridgehead atoms. The summed E-state index contributed by atoms with van der Waals surface area (Å²) in [6, 6.07) is 2.32. The van der Waals surface area contributed by atoms with Crippen LogP contribution in [-0.4, -0.2) is 37.6 Å². The number of hydrogen-bond donors (Lipinski definition) is 0. The summed E-state index contributed by atoms with van der Waals surface area (Å²) >= 11 is 0. The van der Waals surface area contributed by atoms with Gasteiger partial charge in [0.15, 0.2) is 0 Å². The van der Waals surface area contributed by atoms with Gasteiger partial charge in [0.1, 0.15) is 0 Å². The monoisotopic (exact) mass is 252 g/mol. The van der Waals surface area contributed by atoms with E-state index in [-0.39, 0.29) is 17.3 Å². The van der Waals surface area contributed by atoms with Gasteiger partial charge in [0, 0.05) is 6.54 Å². The van der Waals surface area contributed by atoms with Crippen LogP contribution in [0.1, 0.15) is 39.5 Å². The maximum atomic E-state index is 11.5. The van der Waals surface area contributed by atoms with Crippen molar-refractivity contribution < 1.29 is 9.53 Å². The predicted octanol–water partition coefficient (Wildman–Crippen LogP) is 2.20. The van der Waals surface area contributed by atoms with Crippen LogP contribution in [0.15, 0.2) is 0 Å². The van der Waals surface area contributed by atoms with Crippen LogP contribution in [0.25, 0.3) is 0 Å². The van der Waals surface area contributed by atoms with Gasteiger partial charge in [-0.25, -0.2) is 0 Å². The maximum absolute atomic E-state index is 11.5. The number of nitrogens with zero attached hydrogens (tertiary/aromatic N) is 2. The molecule has 0 radical (unpaired) electrons. The minimum absolute atomic E-state index is 0.0349. The van der Waals surface area contributed by atoms with Crippen LogP contribution in [0, 0.1) is 22.7 Å². The predicted molar refractivity (Wildman–Crippen MR) is 69.8 cm³/mol. The third-order valence-electron chi connectivity index (χ3n) is 3.62. The van der Waals surface area contributed by atoms with Crippen LogP contribution in [0.3, 0.4) is 0 Å². The van der Waals surface area contributed by atoms with E-state index < -0.39 is 0 Å². The Morgan fingerprint density at radius 2 is 2.28 bits per heavy atom. The standard InChI is InChI=1S/C14H24N2O2/c1-14(2,11-15)7-5-9-16-8-4-6-12(10-16)13(17)18-3/h12H,4-10H2,1-3H3/t12-/m0/s1. The first-order valence-electron chi connectivity index (χ1n) is 6.70.